The molecular formula is C27H30ClN3O4S. The summed E-state index contributed by atoms with van der Waals surface area (Å²) >= 11 is 7.75. The van der Waals surface area contributed by atoms with Gasteiger partial charge in [0.05, 0.1) is 12.6 Å². The molecule has 2 heterocycles. The number of halogens is 1. The van der Waals surface area contributed by atoms with Gasteiger partial charge >= 0.3 is 6.03 Å². The fourth-order valence-electron chi connectivity index (χ4n) is 4.16. The maximum Gasteiger partial charge on any atom is 0.322 e. The Kier molecular flexibility index (Phi) is 8.85. The van der Waals surface area contributed by atoms with Gasteiger partial charge in [-0.15, -0.1) is 11.3 Å². The van der Waals surface area contributed by atoms with Crippen LogP contribution in [0.15, 0.2) is 60.0 Å². The summed E-state index contributed by atoms with van der Waals surface area (Å²) in [7, 11) is 1.57. The number of fused-ring (bicyclic) bond motifs is 1. The van der Waals surface area contributed by atoms with Crippen molar-refractivity contribution in [2.75, 3.05) is 45.3 Å². The second-order valence-corrected chi connectivity index (χ2v) is 10.1. The highest BCUT2D eigenvalue weighted by atomic mass is 35.5. The van der Waals surface area contributed by atoms with E-state index in [-0.39, 0.29) is 31.1 Å². The summed E-state index contributed by atoms with van der Waals surface area (Å²) in [5.41, 5.74) is 2.83. The van der Waals surface area contributed by atoms with Crippen molar-refractivity contribution in [3.63, 3.8) is 0 Å². The highest BCUT2D eigenvalue weighted by Crippen LogP contribution is 2.34. The summed E-state index contributed by atoms with van der Waals surface area (Å²) in [6.45, 7) is 3.45. The third-order valence-corrected chi connectivity index (χ3v) is 7.33. The number of hydrogen-bond donors (Lipinski definition) is 1. The zero-order valence-corrected chi connectivity index (χ0v) is 22.0. The summed E-state index contributed by atoms with van der Waals surface area (Å²) in [5.74, 6) is 0.625. The van der Waals surface area contributed by atoms with Crippen LogP contribution in [0.5, 0.6) is 5.75 Å². The predicted molar refractivity (Wildman–Crippen MR) is 143 cm³/mol. The molecule has 3 aromatic rings. The molecule has 9 heteroatoms. The second-order valence-electron chi connectivity index (χ2n) is 8.63. The summed E-state index contributed by atoms with van der Waals surface area (Å²) in [6.07, 6.45) is 0.784. The fraction of sp³-hybridized carbons (Fsp3) is 0.333. The van der Waals surface area contributed by atoms with Crippen molar-refractivity contribution in [2.24, 2.45) is 0 Å². The van der Waals surface area contributed by atoms with Gasteiger partial charge in [-0.2, -0.15) is 0 Å². The Bertz CT molecular complexity index is 1180. The molecule has 0 radical (unpaired) electrons. The lowest BCUT2D eigenvalue weighted by atomic mass is 10.0. The van der Waals surface area contributed by atoms with Crippen molar-refractivity contribution in [1.29, 1.82) is 0 Å². The predicted octanol–water partition coefficient (Wildman–Crippen LogP) is 5.40. The van der Waals surface area contributed by atoms with E-state index in [1.165, 1.54) is 9.78 Å². The number of aryl methyl sites for hydroxylation is 1. The standard InChI is InChI=1S/C27H30ClN3O4S/c1-19-6-8-22(9-7-19)35-18-24-23-11-15-36-25(23)10-12-31(24)26(32)17-30(13-14-34-2)27(33)29-21-5-3-4-20(28)16-21/h3-9,11,15-16,24H,10,12-14,17-18H2,1-2H3,(H,29,33). The lowest BCUT2D eigenvalue weighted by molar-refractivity contribution is -0.135. The highest BCUT2D eigenvalue weighted by molar-refractivity contribution is 7.10. The van der Waals surface area contributed by atoms with Crippen LogP contribution in [0.2, 0.25) is 5.02 Å². The van der Waals surface area contributed by atoms with Gasteiger partial charge in [-0.05, 0) is 60.7 Å². The summed E-state index contributed by atoms with van der Waals surface area (Å²) < 4.78 is 11.3. The monoisotopic (exact) mass is 527 g/mol. The Morgan fingerprint density at radius 3 is 2.75 bits per heavy atom. The lowest BCUT2D eigenvalue weighted by Crippen LogP contribution is -2.49. The zero-order chi connectivity index (χ0) is 25.5. The minimum atomic E-state index is -0.386. The number of urea groups is 1. The molecule has 36 heavy (non-hydrogen) atoms. The van der Waals surface area contributed by atoms with Crippen LogP contribution >= 0.6 is 22.9 Å². The Hall–Kier alpha value is -3.07. The average molecular weight is 528 g/mol. The first-order valence-electron chi connectivity index (χ1n) is 11.8. The number of benzene rings is 2. The molecule has 0 saturated heterocycles. The number of thiophene rings is 1. The molecule has 190 valence electrons. The number of hydrogen-bond acceptors (Lipinski definition) is 5. The zero-order valence-electron chi connectivity index (χ0n) is 20.4. The first-order valence-corrected chi connectivity index (χ1v) is 13.1. The molecule has 0 aliphatic carbocycles. The van der Waals surface area contributed by atoms with E-state index >= 15 is 0 Å². The lowest BCUT2D eigenvalue weighted by Gasteiger charge is -2.37. The summed E-state index contributed by atoms with van der Waals surface area (Å²) in [6, 6.07) is 16.2. The summed E-state index contributed by atoms with van der Waals surface area (Å²) in [5, 5.41) is 5.40. The second kappa shape index (κ2) is 12.3. The Morgan fingerprint density at radius 2 is 2.00 bits per heavy atom. The Morgan fingerprint density at radius 1 is 1.19 bits per heavy atom. The van der Waals surface area contributed by atoms with E-state index in [0.717, 1.165) is 23.3 Å². The molecule has 2 aromatic carbocycles. The van der Waals surface area contributed by atoms with Crippen molar-refractivity contribution in [3.8, 4) is 5.75 Å². The molecule has 0 spiro atoms. The van der Waals surface area contributed by atoms with Gasteiger partial charge in [0, 0.05) is 35.8 Å². The van der Waals surface area contributed by atoms with E-state index < -0.39 is 0 Å². The van der Waals surface area contributed by atoms with E-state index in [0.29, 0.717) is 30.5 Å². The van der Waals surface area contributed by atoms with E-state index in [1.54, 1.807) is 42.7 Å². The van der Waals surface area contributed by atoms with Crippen LogP contribution in [0.1, 0.15) is 22.0 Å². The van der Waals surface area contributed by atoms with Crippen molar-refractivity contribution in [2.45, 2.75) is 19.4 Å². The Labute approximate surface area is 220 Å². The van der Waals surface area contributed by atoms with Gasteiger partial charge in [0.2, 0.25) is 5.91 Å². The number of carbonyl (C=O) groups excluding carboxylic acids is 2. The number of carbonyl (C=O) groups is 2. The molecule has 1 aromatic heterocycles. The van der Waals surface area contributed by atoms with Crippen molar-refractivity contribution >= 4 is 40.6 Å². The number of rotatable bonds is 9. The smallest absolute Gasteiger partial charge is 0.322 e. The number of methoxy groups -OCH3 is 1. The first-order chi connectivity index (χ1) is 17.4. The van der Waals surface area contributed by atoms with Gasteiger partial charge in [-0.1, -0.05) is 35.4 Å². The minimum absolute atomic E-state index is 0.0732. The van der Waals surface area contributed by atoms with Gasteiger partial charge in [0.1, 0.15) is 18.9 Å². The third kappa shape index (κ3) is 6.57. The first kappa shape index (κ1) is 26.0. The molecule has 0 fully saturated rings. The summed E-state index contributed by atoms with van der Waals surface area (Å²) in [4.78, 5) is 31.2. The van der Waals surface area contributed by atoms with E-state index in [2.05, 4.69) is 16.8 Å². The molecule has 3 amide bonds. The van der Waals surface area contributed by atoms with Gasteiger partial charge in [0.15, 0.2) is 0 Å². The van der Waals surface area contributed by atoms with Crippen LogP contribution in [0.4, 0.5) is 10.5 Å². The highest BCUT2D eigenvalue weighted by Gasteiger charge is 2.33. The van der Waals surface area contributed by atoms with Crippen molar-refractivity contribution < 1.29 is 19.1 Å². The van der Waals surface area contributed by atoms with Crippen LogP contribution in [0.3, 0.4) is 0 Å². The number of nitrogens with zero attached hydrogens (tertiary/aromatic N) is 2. The minimum Gasteiger partial charge on any atom is -0.491 e. The van der Waals surface area contributed by atoms with Crippen LogP contribution in [-0.4, -0.2) is 61.7 Å². The third-order valence-electron chi connectivity index (χ3n) is 6.10. The molecule has 1 unspecified atom stereocenters. The molecule has 7 nitrogen and oxygen atoms in total. The number of anilines is 1. The largest absolute Gasteiger partial charge is 0.491 e. The maximum atomic E-state index is 13.6. The van der Waals surface area contributed by atoms with Gasteiger partial charge in [-0.25, -0.2) is 4.79 Å². The van der Waals surface area contributed by atoms with Crippen LogP contribution < -0.4 is 10.1 Å². The molecular weight excluding hydrogens is 498 g/mol. The fourth-order valence-corrected chi connectivity index (χ4v) is 5.28. The quantitative estimate of drug-likeness (QED) is 0.405. The van der Waals surface area contributed by atoms with Crippen LogP contribution in [0.25, 0.3) is 0 Å². The van der Waals surface area contributed by atoms with Gasteiger partial charge in [0.25, 0.3) is 0 Å². The molecule has 1 atom stereocenters. The normalized spacial score (nSPS) is 14.8. The number of amides is 3. The maximum absolute atomic E-state index is 13.6. The SMILES string of the molecule is COCCN(CC(=O)N1CCc2sccc2C1COc1ccc(C)cc1)C(=O)Nc1cccc(Cl)c1. The molecule has 1 aliphatic heterocycles. The van der Waals surface area contributed by atoms with E-state index in [4.69, 9.17) is 21.1 Å². The molecule has 1 N–H and O–H groups in total. The van der Waals surface area contributed by atoms with E-state index in [1.807, 2.05) is 36.1 Å². The van der Waals surface area contributed by atoms with Crippen molar-refractivity contribution in [1.82, 2.24) is 9.80 Å². The topological polar surface area (TPSA) is 71.1 Å². The van der Waals surface area contributed by atoms with Crippen LogP contribution in [-0.2, 0) is 16.0 Å². The van der Waals surface area contributed by atoms with Gasteiger partial charge < -0.3 is 24.6 Å². The molecule has 1 aliphatic rings. The molecule has 0 saturated carbocycles. The Balaban J connectivity index is 1.48. The van der Waals surface area contributed by atoms with E-state index in [9.17, 15) is 9.59 Å². The molecule has 4 rings (SSSR count). The van der Waals surface area contributed by atoms with Crippen molar-refractivity contribution in [3.05, 3.63) is 81.0 Å². The number of nitrogens with one attached hydrogen (secondary N) is 1. The van der Waals surface area contributed by atoms with Gasteiger partial charge in [-0.3, -0.25) is 4.79 Å². The molecule has 0 bridgehead atoms. The van der Waals surface area contributed by atoms with Crippen LogP contribution in [0, 0.1) is 6.92 Å². The average Bonchev–Trinajstić information content (AvgIpc) is 3.35. The number of ether oxygens (including phenoxy) is 2.